The first-order valence-corrected chi connectivity index (χ1v) is 4.44. The van der Waals surface area contributed by atoms with Crippen molar-refractivity contribution in [3.8, 4) is 5.75 Å². The lowest BCUT2D eigenvalue weighted by atomic mass is 10.1. The van der Waals surface area contributed by atoms with E-state index in [0.717, 1.165) is 0 Å². The van der Waals surface area contributed by atoms with Gasteiger partial charge >= 0.3 is 0 Å². The van der Waals surface area contributed by atoms with Gasteiger partial charge in [-0.15, -0.1) is 0 Å². The molecule has 0 N–H and O–H groups in total. The van der Waals surface area contributed by atoms with E-state index in [1.165, 1.54) is 6.26 Å². The van der Waals surface area contributed by atoms with Gasteiger partial charge in [-0.3, -0.25) is 4.79 Å². The van der Waals surface area contributed by atoms with E-state index in [2.05, 4.69) is 0 Å². The summed E-state index contributed by atoms with van der Waals surface area (Å²) in [7, 11) is 1.58. The molecule has 0 atom stereocenters. The summed E-state index contributed by atoms with van der Waals surface area (Å²) in [5.74, 6) is 0.763. The van der Waals surface area contributed by atoms with Gasteiger partial charge < -0.3 is 14.2 Å². The highest BCUT2D eigenvalue weighted by atomic mass is 16.7. The van der Waals surface area contributed by atoms with Gasteiger partial charge in [0.25, 0.3) is 0 Å². The second kappa shape index (κ2) is 4.04. The van der Waals surface area contributed by atoms with Crippen molar-refractivity contribution in [1.82, 2.24) is 0 Å². The minimum atomic E-state index is -0.185. The van der Waals surface area contributed by atoms with Crippen molar-refractivity contribution < 1.29 is 19.0 Å². The molecule has 0 aromatic heterocycles. The zero-order chi connectivity index (χ0) is 10.7. The van der Waals surface area contributed by atoms with E-state index < -0.39 is 0 Å². The molecule has 15 heavy (non-hydrogen) atoms. The molecular formula is C11H10O4. The smallest absolute Gasteiger partial charge is 0.230 e. The fourth-order valence-corrected chi connectivity index (χ4v) is 1.24. The SMILES string of the molecule is COc1ccc(C(=O)C2=COCO2)cc1. The Morgan fingerprint density at radius 1 is 1.33 bits per heavy atom. The number of ether oxygens (including phenoxy) is 3. The van der Waals surface area contributed by atoms with Gasteiger partial charge in [0.05, 0.1) is 7.11 Å². The average molecular weight is 206 g/mol. The number of rotatable bonds is 3. The molecule has 1 heterocycles. The van der Waals surface area contributed by atoms with Gasteiger partial charge in [-0.1, -0.05) is 0 Å². The van der Waals surface area contributed by atoms with Crippen molar-refractivity contribution in [3.63, 3.8) is 0 Å². The third-order valence-corrected chi connectivity index (χ3v) is 2.05. The average Bonchev–Trinajstić information content (AvgIpc) is 2.82. The van der Waals surface area contributed by atoms with Gasteiger partial charge in [-0.25, -0.2) is 0 Å². The normalized spacial score (nSPS) is 13.8. The van der Waals surface area contributed by atoms with E-state index in [0.29, 0.717) is 11.3 Å². The van der Waals surface area contributed by atoms with Gasteiger partial charge in [0.2, 0.25) is 18.3 Å². The van der Waals surface area contributed by atoms with Gasteiger partial charge in [0.1, 0.15) is 12.0 Å². The van der Waals surface area contributed by atoms with Gasteiger partial charge in [0, 0.05) is 5.56 Å². The van der Waals surface area contributed by atoms with Crippen molar-refractivity contribution >= 4 is 5.78 Å². The number of carbonyl (C=O) groups excluding carboxylic acids is 1. The monoisotopic (exact) mass is 206 g/mol. The number of hydrogen-bond acceptors (Lipinski definition) is 4. The van der Waals surface area contributed by atoms with Crippen LogP contribution < -0.4 is 4.74 Å². The number of ketones is 1. The van der Waals surface area contributed by atoms with Crippen LogP contribution in [0.15, 0.2) is 36.3 Å². The Morgan fingerprint density at radius 2 is 2.07 bits per heavy atom. The molecule has 4 nitrogen and oxygen atoms in total. The molecule has 0 spiro atoms. The second-order valence-corrected chi connectivity index (χ2v) is 2.97. The van der Waals surface area contributed by atoms with E-state index in [9.17, 15) is 4.79 Å². The van der Waals surface area contributed by atoms with Crippen molar-refractivity contribution in [1.29, 1.82) is 0 Å². The number of hydrogen-bond donors (Lipinski definition) is 0. The minimum absolute atomic E-state index is 0.108. The first kappa shape index (κ1) is 9.58. The standard InChI is InChI=1S/C11H10O4/c1-13-9-4-2-8(3-5-9)11(12)10-6-14-7-15-10/h2-6H,7H2,1H3. The van der Waals surface area contributed by atoms with E-state index >= 15 is 0 Å². The molecule has 0 amide bonds. The molecule has 1 aliphatic rings. The summed E-state index contributed by atoms with van der Waals surface area (Å²) < 4.78 is 14.8. The molecule has 0 aliphatic carbocycles. The highest BCUT2D eigenvalue weighted by Gasteiger charge is 2.17. The van der Waals surface area contributed by atoms with Crippen molar-refractivity contribution in [2.24, 2.45) is 0 Å². The van der Waals surface area contributed by atoms with Gasteiger partial charge in [-0.05, 0) is 24.3 Å². The summed E-state index contributed by atoms with van der Waals surface area (Å²) in [5.41, 5.74) is 0.549. The quantitative estimate of drug-likeness (QED) is 0.706. The third-order valence-electron chi connectivity index (χ3n) is 2.05. The molecule has 78 valence electrons. The summed E-state index contributed by atoms with van der Waals surface area (Å²) in [5, 5.41) is 0. The molecule has 1 aromatic carbocycles. The summed E-state index contributed by atoms with van der Waals surface area (Å²) in [6.07, 6.45) is 1.33. The molecule has 1 aliphatic heterocycles. The topological polar surface area (TPSA) is 44.8 Å². The highest BCUT2D eigenvalue weighted by Crippen LogP contribution is 2.17. The van der Waals surface area contributed by atoms with Crippen LogP contribution in [0.3, 0.4) is 0 Å². The number of allylic oxidation sites excluding steroid dienone is 1. The highest BCUT2D eigenvalue weighted by molar-refractivity contribution is 6.07. The molecule has 0 fully saturated rings. The summed E-state index contributed by atoms with van der Waals surface area (Å²) in [4.78, 5) is 11.7. The molecule has 0 unspecified atom stereocenters. The maximum absolute atomic E-state index is 11.7. The van der Waals surface area contributed by atoms with E-state index in [4.69, 9.17) is 14.2 Å². The molecule has 1 aromatic rings. The Morgan fingerprint density at radius 3 is 2.60 bits per heavy atom. The number of Topliss-reactive ketones (excluding diaryl/α,β-unsaturated/α-hetero) is 1. The number of benzene rings is 1. The van der Waals surface area contributed by atoms with E-state index in [1.54, 1.807) is 31.4 Å². The van der Waals surface area contributed by atoms with Crippen LogP contribution in [0.1, 0.15) is 10.4 Å². The third kappa shape index (κ3) is 1.93. The predicted octanol–water partition coefficient (Wildman–Crippen LogP) is 1.72. The van der Waals surface area contributed by atoms with Gasteiger partial charge in [-0.2, -0.15) is 0 Å². The van der Waals surface area contributed by atoms with Crippen LogP contribution in [0.2, 0.25) is 0 Å². The van der Waals surface area contributed by atoms with E-state index in [-0.39, 0.29) is 18.3 Å². The van der Waals surface area contributed by atoms with Crippen LogP contribution in [0.5, 0.6) is 5.75 Å². The van der Waals surface area contributed by atoms with Crippen LogP contribution in [0, 0.1) is 0 Å². The maximum Gasteiger partial charge on any atom is 0.230 e. The molecule has 4 heteroatoms. The largest absolute Gasteiger partial charge is 0.497 e. The Bertz CT molecular complexity index is 392. The lowest BCUT2D eigenvalue weighted by Gasteiger charge is -2.02. The van der Waals surface area contributed by atoms with Crippen molar-refractivity contribution in [2.45, 2.75) is 0 Å². The summed E-state index contributed by atoms with van der Waals surface area (Å²) >= 11 is 0. The van der Waals surface area contributed by atoms with Crippen molar-refractivity contribution in [3.05, 3.63) is 41.9 Å². The van der Waals surface area contributed by atoms with Gasteiger partial charge in [0.15, 0.2) is 0 Å². The molecular weight excluding hydrogens is 196 g/mol. The fourth-order valence-electron chi connectivity index (χ4n) is 1.24. The second-order valence-electron chi connectivity index (χ2n) is 2.97. The zero-order valence-corrected chi connectivity index (χ0v) is 8.23. The number of methoxy groups -OCH3 is 1. The Hall–Kier alpha value is -1.97. The lowest BCUT2D eigenvalue weighted by Crippen LogP contribution is -2.03. The number of carbonyl (C=O) groups is 1. The summed E-state index contributed by atoms with van der Waals surface area (Å²) in [6, 6.07) is 6.82. The molecule has 0 radical (unpaired) electrons. The molecule has 0 saturated heterocycles. The fraction of sp³-hybridized carbons (Fsp3) is 0.182. The predicted molar refractivity (Wildman–Crippen MR) is 52.4 cm³/mol. The Kier molecular flexibility index (Phi) is 2.58. The van der Waals surface area contributed by atoms with Crippen LogP contribution >= 0.6 is 0 Å². The molecule has 0 saturated carbocycles. The van der Waals surface area contributed by atoms with E-state index in [1.807, 2.05) is 0 Å². The van der Waals surface area contributed by atoms with Crippen LogP contribution in [0.25, 0.3) is 0 Å². The zero-order valence-electron chi connectivity index (χ0n) is 8.23. The minimum Gasteiger partial charge on any atom is -0.497 e. The Labute approximate surface area is 87.1 Å². The summed E-state index contributed by atoms with van der Waals surface area (Å²) in [6.45, 7) is 0.108. The molecule has 0 bridgehead atoms. The van der Waals surface area contributed by atoms with Crippen molar-refractivity contribution in [2.75, 3.05) is 13.9 Å². The molecule has 2 rings (SSSR count). The van der Waals surface area contributed by atoms with Crippen LogP contribution in [-0.4, -0.2) is 19.7 Å². The first-order chi connectivity index (χ1) is 7.31. The maximum atomic E-state index is 11.7. The lowest BCUT2D eigenvalue weighted by molar-refractivity contribution is 0.0684. The Balaban J connectivity index is 2.18. The first-order valence-electron chi connectivity index (χ1n) is 4.44. The van der Waals surface area contributed by atoms with Crippen LogP contribution in [0.4, 0.5) is 0 Å². The van der Waals surface area contributed by atoms with Crippen LogP contribution in [-0.2, 0) is 9.47 Å².